The van der Waals surface area contributed by atoms with Gasteiger partial charge in [0.05, 0.1) is 6.61 Å². The molecule has 0 aromatic rings. The normalized spacial score (nSPS) is 13.8. The van der Waals surface area contributed by atoms with Gasteiger partial charge in [-0.3, -0.25) is 4.79 Å². The number of carbonyl (C=O) groups excluding carboxylic acids is 1. The fraction of sp³-hybridized carbons (Fsp3) is 0.571. The number of allylic oxidation sites excluding steroid dienone is 1. The van der Waals surface area contributed by atoms with Gasteiger partial charge in [-0.1, -0.05) is 12.2 Å². The van der Waals surface area contributed by atoms with Gasteiger partial charge in [-0.05, 0) is 13.8 Å². The summed E-state index contributed by atoms with van der Waals surface area (Å²) >= 11 is 0. The molecule has 0 spiro atoms. The second kappa shape index (κ2) is 4.99. The second-order valence-corrected chi connectivity index (χ2v) is 1.95. The molecule has 1 atom stereocenters. The molecule has 0 saturated carbocycles. The largest absolute Gasteiger partial charge is 0.367 e. The zero-order valence-corrected chi connectivity index (χ0v) is 6.33. The molecule has 0 saturated heterocycles. The Kier molecular flexibility index (Phi) is 4.58. The molecular formula is C7H13NO2. The van der Waals surface area contributed by atoms with E-state index in [1.54, 1.807) is 6.92 Å². The lowest BCUT2D eigenvalue weighted by Crippen LogP contribution is -2.28. The summed E-state index contributed by atoms with van der Waals surface area (Å²) < 4.78 is 4.98. The van der Waals surface area contributed by atoms with Crippen molar-refractivity contribution in [2.45, 2.75) is 20.0 Å². The zero-order chi connectivity index (χ0) is 7.98. The van der Waals surface area contributed by atoms with E-state index in [4.69, 9.17) is 10.5 Å². The summed E-state index contributed by atoms with van der Waals surface area (Å²) in [4.78, 5) is 10.4. The molecule has 10 heavy (non-hydrogen) atoms. The average Bonchev–Trinajstić information content (AvgIpc) is 1.88. The first kappa shape index (κ1) is 9.17. The summed E-state index contributed by atoms with van der Waals surface area (Å²) in [5.74, 6) is -0.426. The van der Waals surface area contributed by atoms with E-state index in [2.05, 4.69) is 0 Å². The molecule has 0 aromatic carbocycles. The van der Waals surface area contributed by atoms with Crippen LogP contribution in [-0.2, 0) is 9.53 Å². The van der Waals surface area contributed by atoms with E-state index in [-0.39, 0.29) is 0 Å². The van der Waals surface area contributed by atoms with Crippen LogP contribution in [-0.4, -0.2) is 18.6 Å². The molecule has 0 aliphatic carbocycles. The van der Waals surface area contributed by atoms with E-state index >= 15 is 0 Å². The quantitative estimate of drug-likeness (QED) is 0.581. The third-order valence-corrected chi connectivity index (χ3v) is 1.08. The van der Waals surface area contributed by atoms with E-state index in [1.165, 1.54) is 0 Å². The molecule has 0 aliphatic heterocycles. The Balaban J connectivity index is 3.39. The topological polar surface area (TPSA) is 52.3 Å². The first-order valence-corrected chi connectivity index (χ1v) is 3.20. The molecule has 0 fully saturated rings. The van der Waals surface area contributed by atoms with E-state index in [0.29, 0.717) is 6.61 Å². The predicted octanol–water partition coefficient (Wildman–Crippen LogP) is 0.453. The van der Waals surface area contributed by atoms with Gasteiger partial charge >= 0.3 is 0 Å². The van der Waals surface area contributed by atoms with Crippen molar-refractivity contribution in [1.29, 1.82) is 0 Å². The van der Waals surface area contributed by atoms with Crippen LogP contribution in [0.25, 0.3) is 0 Å². The molecule has 0 aromatic heterocycles. The smallest absolute Gasteiger partial charge is 0.246 e. The van der Waals surface area contributed by atoms with Crippen LogP contribution in [0.3, 0.4) is 0 Å². The zero-order valence-electron chi connectivity index (χ0n) is 6.33. The molecular weight excluding hydrogens is 130 g/mol. The molecule has 3 nitrogen and oxygen atoms in total. The number of carbonyl (C=O) groups is 1. The van der Waals surface area contributed by atoms with Gasteiger partial charge in [-0.25, -0.2) is 0 Å². The minimum absolute atomic E-state index is 0.426. The Bertz CT molecular complexity index is 132. The van der Waals surface area contributed by atoms with E-state index in [1.807, 2.05) is 19.1 Å². The molecule has 2 N–H and O–H groups in total. The van der Waals surface area contributed by atoms with E-state index < -0.39 is 12.0 Å². The molecule has 1 amide bonds. The first-order valence-electron chi connectivity index (χ1n) is 3.20. The predicted molar refractivity (Wildman–Crippen MR) is 39.4 cm³/mol. The van der Waals surface area contributed by atoms with Crippen LogP contribution in [0.5, 0.6) is 0 Å². The Labute approximate surface area is 60.9 Å². The van der Waals surface area contributed by atoms with E-state index in [9.17, 15) is 4.79 Å². The van der Waals surface area contributed by atoms with Crippen LogP contribution >= 0.6 is 0 Å². The average molecular weight is 143 g/mol. The number of rotatable bonds is 4. The summed E-state index contributed by atoms with van der Waals surface area (Å²) in [6, 6.07) is 0. The van der Waals surface area contributed by atoms with Gasteiger partial charge in [0, 0.05) is 0 Å². The van der Waals surface area contributed by atoms with Crippen molar-refractivity contribution < 1.29 is 9.53 Å². The number of amides is 1. The minimum atomic E-state index is -0.490. The molecule has 0 bridgehead atoms. The lowest BCUT2D eigenvalue weighted by Gasteiger charge is -2.05. The molecule has 0 aliphatic rings. The number of primary amides is 1. The number of hydrogen-bond acceptors (Lipinski definition) is 2. The summed E-state index contributed by atoms with van der Waals surface area (Å²) in [7, 11) is 0. The summed E-state index contributed by atoms with van der Waals surface area (Å²) in [5, 5.41) is 0. The van der Waals surface area contributed by atoms with Crippen molar-refractivity contribution in [3.8, 4) is 0 Å². The molecule has 3 heteroatoms. The molecule has 0 heterocycles. The Hall–Kier alpha value is -0.830. The highest BCUT2D eigenvalue weighted by molar-refractivity contribution is 5.78. The van der Waals surface area contributed by atoms with Crippen LogP contribution in [0.2, 0.25) is 0 Å². The van der Waals surface area contributed by atoms with Gasteiger partial charge in [0.15, 0.2) is 0 Å². The Morgan fingerprint density at radius 3 is 2.80 bits per heavy atom. The van der Waals surface area contributed by atoms with Gasteiger partial charge in [0.25, 0.3) is 0 Å². The Morgan fingerprint density at radius 2 is 2.40 bits per heavy atom. The van der Waals surface area contributed by atoms with Crippen molar-refractivity contribution in [3.63, 3.8) is 0 Å². The SMILES string of the molecule is CC=CCOC(C)C(N)=O. The Morgan fingerprint density at radius 1 is 1.80 bits per heavy atom. The van der Waals surface area contributed by atoms with Gasteiger partial charge in [0.1, 0.15) is 6.10 Å². The second-order valence-electron chi connectivity index (χ2n) is 1.95. The molecule has 1 unspecified atom stereocenters. The third kappa shape index (κ3) is 4.09. The molecule has 0 radical (unpaired) electrons. The van der Waals surface area contributed by atoms with Gasteiger partial charge in [0.2, 0.25) is 5.91 Å². The maximum atomic E-state index is 10.4. The molecule has 58 valence electrons. The minimum Gasteiger partial charge on any atom is -0.367 e. The summed E-state index contributed by atoms with van der Waals surface area (Å²) in [6.45, 7) is 3.96. The number of ether oxygens (including phenoxy) is 1. The standard InChI is InChI=1S/C7H13NO2/c1-3-4-5-10-6(2)7(8)9/h3-4,6H,5H2,1-2H3,(H2,8,9). The van der Waals surface area contributed by atoms with Crippen LogP contribution in [0.4, 0.5) is 0 Å². The van der Waals surface area contributed by atoms with Crippen molar-refractivity contribution in [3.05, 3.63) is 12.2 Å². The fourth-order valence-corrected chi connectivity index (χ4v) is 0.378. The van der Waals surface area contributed by atoms with Crippen molar-refractivity contribution in [2.24, 2.45) is 5.73 Å². The number of hydrogen-bond donors (Lipinski definition) is 1. The highest BCUT2D eigenvalue weighted by Gasteiger charge is 2.05. The summed E-state index contributed by atoms with van der Waals surface area (Å²) in [5.41, 5.74) is 4.93. The van der Waals surface area contributed by atoms with Crippen molar-refractivity contribution >= 4 is 5.91 Å². The highest BCUT2D eigenvalue weighted by Crippen LogP contribution is 1.88. The van der Waals surface area contributed by atoms with Crippen LogP contribution in [0, 0.1) is 0 Å². The van der Waals surface area contributed by atoms with Crippen LogP contribution in [0.1, 0.15) is 13.8 Å². The maximum Gasteiger partial charge on any atom is 0.246 e. The van der Waals surface area contributed by atoms with E-state index in [0.717, 1.165) is 0 Å². The monoisotopic (exact) mass is 143 g/mol. The van der Waals surface area contributed by atoms with Crippen LogP contribution in [0.15, 0.2) is 12.2 Å². The first-order chi connectivity index (χ1) is 4.68. The lowest BCUT2D eigenvalue weighted by molar-refractivity contribution is -0.127. The summed E-state index contributed by atoms with van der Waals surface area (Å²) in [6.07, 6.45) is 3.18. The van der Waals surface area contributed by atoms with Gasteiger partial charge in [-0.2, -0.15) is 0 Å². The maximum absolute atomic E-state index is 10.4. The van der Waals surface area contributed by atoms with Gasteiger partial charge in [-0.15, -0.1) is 0 Å². The van der Waals surface area contributed by atoms with Gasteiger partial charge < -0.3 is 10.5 Å². The van der Waals surface area contributed by atoms with Crippen molar-refractivity contribution in [1.82, 2.24) is 0 Å². The van der Waals surface area contributed by atoms with Crippen molar-refractivity contribution in [2.75, 3.05) is 6.61 Å². The third-order valence-electron chi connectivity index (χ3n) is 1.08. The highest BCUT2D eigenvalue weighted by atomic mass is 16.5. The lowest BCUT2D eigenvalue weighted by atomic mass is 10.4. The fourth-order valence-electron chi connectivity index (χ4n) is 0.378. The number of nitrogens with two attached hydrogens (primary N) is 1. The molecule has 0 rings (SSSR count). The van der Waals surface area contributed by atoms with Crippen LogP contribution < -0.4 is 5.73 Å².